The number of benzene rings is 4. The van der Waals surface area contributed by atoms with Crippen molar-refractivity contribution in [3.05, 3.63) is 123 Å². The minimum absolute atomic E-state index is 0.0400. The van der Waals surface area contributed by atoms with E-state index in [1.54, 1.807) is 66.7 Å². The van der Waals surface area contributed by atoms with Crippen LogP contribution in [0.5, 0.6) is 0 Å². The highest BCUT2D eigenvalue weighted by atomic mass is 35.5. The van der Waals surface area contributed by atoms with Gasteiger partial charge in [-0.05, 0) is 53.6 Å². The van der Waals surface area contributed by atoms with Crippen LogP contribution in [0.25, 0.3) is 0 Å². The lowest BCUT2D eigenvalue weighted by Gasteiger charge is -2.15. The van der Waals surface area contributed by atoms with Crippen LogP contribution in [0.3, 0.4) is 0 Å². The van der Waals surface area contributed by atoms with Crippen LogP contribution in [0.1, 0.15) is 31.8 Å². The summed E-state index contributed by atoms with van der Waals surface area (Å²) in [6, 6.07) is 26.1. The molecule has 1 N–H and O–H groups in total. The molecule has 5 rings (SSSR count). The van der Waals surface area contributed by atoms with Gasteiger partial charge in [0.15, 0.2) is 0 Å². The molecule has 4 aromatic carbocycles. The minimum Gasteiger partial charge on any atom is -0.461 e. The third kappa shape index (κ3) is 5.07. The van der Waals surface area contributed by atoms with Crippen molar-refractivity contribution in [2.24, 2.45) is 0 Å². The van der Waals surface area contributed by atoms with E-state index < -0.39 is 5.97 Å². The van der Waals surface area contributed by atoms with Crippen molar-refractivity contribution >= 4 is 58.0 Å². The van der Waals surface area contributed by atoms with Crippen molar-refractivity contribution < 1.29 is 19.1 Å². The monoisotopic (exact) mass is 530 g/mol. The van der Waals surface area contributed by atoms with E-state index in [-0.39, 0.29) is 24.8 Å². The van der Waals surface area contributed by atoms with Gasteiger partial charge >= 0.3 is 5.97 Å². The summed E-state index contributed by atoms with van der Waals surface area (Å²) in [5, 5.41) is 4.14. The lowest BCUT2D eigenvalue weighted by Crippen LogP contribution is -2.29. The number of carbonyl (C=O) groups excluding carboxylic acids is 3. The van der Waals surface area contributed by atoms with Gasteiger partial charge in [-0.25, -0.2) is 4.90 Å². The van der Waals surface area contributed by atoms with Crippen molar-refractivity contribution in [3.8, 4) is 0 Å². The molecule has 37 heavy (non-hydrogen) atoms. The number of hydrogen-bond donors (Lipinski definition) is 1. The van der Waals surface area contributed by atoms with E-state index in [2.05, 4.69) is 5.32 Å². The maximum Gasteiger partial charge on any atom is 0.310 e. The molecule has 1 aliphatic heterocycles. The zero-order valence-corrected chi connectivity index (χ0v) is 20.9. The first-order chi connectivity index (χ1) is 17.9. The summed E-state index contributed by atoms with van der Waals surface area (Å²) in [5.74, 6) is -1.13. The highest BCUT2D eigenvalue weighted by molar-refractivity contribution is 6.39. The van der Waals surface area contributed by atoms with Gasteiger partial charge in [-0.2, -0.15) is 0 Å². The average Bonchev–Trinajstić information content (AvgIpc) is 3.16. The van der Waals surface area contributed by atoms with Gasteiger partial charge in [0.2, 0.25) is 0 Å². The number of hydrogen-bond acceptors (Lipinski definition) is 5. The first kappa shape index (κ1) is 24.6. The van der Waals surface area contributed by atoms with Crippen LogP contribution in [-0.2, 0) is 22.6 Å². The quantitative estimate of drug-likeness (QED) is 0.209. The molecule has 0 fully saturated rings. The van der Waals surface area contributed by atoms with Gasteiger partial charge in [-0.3, -0.25) is 14.4 Å². The third-order valence-electron chi connectivity index (χ3n) is 5.96. The molecule has 0 saturated heterocycles. The fourth-order valence-electron chi connectivity index (χ4n) is 4.08. The summed E-state index contributed by atoms with van der Waals surface area (Å²) in [6.07, 6.45) is 0.0400. The highest BCUT2D eigenvalue weighted by Crippen LogP contribution is 2.34. The molecular weight excluding hydrogens is 511 g/mol. The molecule has 0 atom stereocenters. The lowest BCUT2D eigenvalue weighted by atomic mass is 10.1. The number of rotatable bonds is 7. The zero-order chi connectivity index (χ0) is 25.9. The molecule has 6 nitrogen and oxygen atoms in total. The van der Waals surface area contributed by atoms with Gasteiger partial charge in [0.25, 0.3) is 11.8 Å². The Morgan fingerprint density at radius 2 is 1.35 bits per heavy atom. The Labute approximate surface area is 223 Å². The van der Waals surface area contributed by atoms with Crippen LogP contribution in [0.15, 0.2) is 91.0 Å². The van der Waals surface area contributed by atoms with Crippen LogP contribution >= 0.6 is 23.2 Å². The van der Waals surface area contributed by atoms with Crippen LogP contribution in [-0.4, -0.2) is 17.8 Å². The van der Waals surface area contributed by atoms with Crippen molar-refractivity contribution in [1.82, 2.24) is 0 Å². The number of carbonyl (C=O) groups is 3. The number of fused-ring (bicyclic) bond motifs is 1. The maximum atomic E-state index is 12.7. The minimum atomic E-state index is -0.413. The summed E-state index contributed by atoms with van der Waals surface area (Å²) >= 11 is 12.5. The molecule has 2 amide bonds. The number of nitrogens with zero attached hydrogens (tertiary/aromatic N) is 1. The first-order valence-electron chi connectivity index (χ1n) is 11.4. The van der Waals surface area contributed by atoms with Crippen LogP contribution in [0.4, 0.5) is 17.1 Å². The number of amides is 2. The molecule has 1 heterocycles. The normalized spacial score (nSPS) is 12.4. The molecular formula is C29H20Cl2N2O4. The predicted molar refractivity (Wildman–Crippen MR) is 144 cm³/mol. The highest BCUT2D eigenvalue weighted by Gasteiger charge is 2.36. The number of anilines is 3. The van der Waals surface area contributed by atoms with E-state index in [1.165, 1.54) is 0 Å². The van der Waals surface area contributed by atoms with Crippen molar-refractivity contribution in [3.63, 3.8) is 0 Å². The summed E-state index contributed by atoms with van der Waals surface area (Å²) in [7, 11) is 0. The average molecular weight is 531 g/mol. The van der Waals surface area contributed by atoms with E-state index >= 15 is 0 Å². The maximum absolute atomic E-state index is 12.7. The summed E-state index contributed by atoms with van der Waals surface area (Å²) in [5.41, 5.74) is 3.94. The smallest absolute Gasteiger partial charge is 0.310 e. The van der Waals surface area contributed by atoms with E-state index in [9.17, 15) is 14.4 Å². The number of ether oxygens (including phenoxy) is 1. The third-order valence-corrected chi connectivity index (χ3v) is 6.59. The number of para-hydroxylation sites is 2. The Kier molecular flexibility index (Phi) is 6.95. The Morgan fingerprint density at radius 1 is 0.757 bits per heavy atom. The Hall–Kier alpha value is -4.13. The molecule has 0 radical (unpaired) electrons. The molecule has 0 spiro atoms. The second kappa shape index (κ2) is 10.5. The van der Waals surface area contributed by atoms with E-state index in [0.717, 1.165) is 16.0 Å². The number of esters is 1. The predicted octanol–water partition coefficient (Wildman–Crippen LogP) is 6.82. The molecule has 0 aromatic heterocycles. The van der Waals surface area contributed by atoms with Gasteiger partial charge in [0.05, 0.1) is 39.0 Å². The van der Waals surface area contributed by atoms with Crippen molar-refractivity contribution in [2.75, 3.05) is 10.2 Å². The topological polar surface area (TPSA) is 75.7 Å². The second-order valence-electron chi connectivity index (χ2n) is 8.37. The van der Waals surface area contributed by atoms with Crippen molar-refractivity contribution in [1.29, 1.82) is 0 Å². The SMILES string of the molecule is O=C(Cc1ccccc1Nc1c(Cl)cccc1Cl)OCc1ccc(N2C(=O)c3ccccc3C2=O)cc1. The molecule has 0 unspecified atom stereocenters. The van der Waals surface area contributed by atoms with Crippen LogP contribution in [0.2, 0.25) is 10.0 Å². The van der Waals surface area contributed by atoms with E-state index in [0.29, 0.717) is 38.2 Å². The first-order valence-corrected chi connectivity index (χ1v) is 12.2. The molecule has 0 aliphatic carbocycles. The van der Waals surface area contributed by atoms with Gasteiger partial charge in [0, 0.05) is 5.69 Å². The molecule has 0 saturated carbocycles. The Balaban J connectivity index is 1.22. The van der Waals surface area contributed by atoms with E-state index in [1.807, 2.05) is 24.3 Å². The van der Waals surface area contributed by atoms with Crippen molar-refractivity contribution in [2.45, 2.75) is 13.0 Å². The standard InChI is InChI=1S/C29H20Cl2N2O4/c30-23-9-5-10-24(31)27(23)32-25-11-4-1-6-19(25)16-26(34)37-17-18-12-14-20(15-13-18)33-28(35)21-7-2-3-8-22(21)29(33)36/h1-15,32H,16-17H2. The van der Waals surface area contributed by atoms with Gasteiger partial charge < -0.3 is 10.1 Å². The summed E-state index contributed by atoms with van der Waals surface area (Å²) in [6.45, 7) is 0.0488. The van der Waals surface area contributed by atoms with Gasteiger partial charge in [0.1, 0.15) is 6.61 Å². The molecule has 184 valence electrons. The van der Waals surface area contributed by atoms with E-state index in [4.69, 9.17) is 27.9 Å². The summed E-state index contributed by atoms with van der Waals surface area (Å²) in [4.78, 5) is 39.1. The number of halogens is 2. The van der Waals surface area contributed by atoms with Crippen LogP contribution in [0, 0.1) is 0 Å². The molecule has 1 aliphatic rings. The Morgan fingerprint density at radius 3 is 2.00 bits per heavy atom. The van der Waals surface area contributed by atoms with Gasteiger partial charge in [-0.15, -0.1) is 0 Å². The molecule has 0 bridgehead atoms. The zero-order valence-electron chi connectivity index (χ0n) is 19.4. The fourth-order valence-corrected chi connectivity index (χ4v) is 4.58. The molecule has 4 aromatic rings. The summed E-state index contributed by atoms with van der Waals surface area (Å²) < 4.78 is 5.48. The number of nitrogens with one attached hydrogen (secondary N) is 1. The Bertz CT molecular complexity index is 1460. The lowest BCUT2D eigenvalue weighted by molar-refractivity contribution is -0.144. The number of imide groups is 1. The fraction of sp³-hybridized carbons (Fsp3) is 0.0690. The largest absolute Gasteiger partial charge is 0.461 e. The van der Waals surface area contributed by atoms with Crippen LogP contribution < -0.4 is 10.2 Å². The second-order valence-corrected chi connectivity index (χ2v) is 9.19. The molecule has 8 heteroatoms. The van der Waals surface area contributed by atoms with Gasteiger partial charge in [-0.1, -0.05) is 71.7 Å².